The normalized spacial score (nSPS) is 12.9. The van der Waals surface area contributed by atoms with Crippen molar-refractivity contribution in [2.24, 2.45) is 0 Å². The molecule has 2 aromatic rings. The molecule has 1 nitrogen and oxygen atoms in total. The number of rotatable bonds is 0. The van der Waals surface area contributed by atoms with Gasteiger partial charge in [0.2, 0.25) is 0 Å². The van der Waals surface area contributed by atoms with Crippen LogP contribution in [0.2, 0.25) is 0 Å². The van der Waals surface area contributed by atoms with Gasteiger partial charge in [-0.05, 0) is 0 Å². The number of benzene rings is 1. The second kappa shape index (κ2) is 3.05. The molecule has 0 saturated heterocycles. The van der Waals surface area contributed by atoms with E-state index >= 15 is 0 Å². The molecule has 3 rings (SSSR count). The zero-order chi connectivity index (χ0) is 9.54. The topological polar surface area (TPSA) is 3.88 Å². The van der Waals surface area contributed by atoms with Crippen molar-refractivity contribution in [1.82, 2.24) is 0 Å². The van der Waals surface area contributed by atoms with Crippen LogP contribution in [0.5, 0.6) is 0 Å². The number of aryl methyl sites for hydroxylation is 1. The van der Waals surface area contributed by atoms with E-state index in [4.69, 9.17) is 0 Å². The van der Waals surface area contributed by atoms with Crippen LogP contribution in [0.25, 0.3) is 11.3 Å². The first kappa shape index (κ1) is 8.41. The van der Waals surface area contributed by atoms with Gasteiger partial charge in [-0.15, -0.1) is 0 Å². The van der Waals surface area contributed by atoms with Crippen LogP contribution >= 0.6 is 0 Å². The number of aromatic nitrogens is 1. The molecule has 1 aliphatic rings. The predicted octanol–water partition coefficient (Wildman–Crippen LogP) is -1.02. The van der Waals surface area contributed by atoms with Gasteiger partial charge in [0, 0.05) is 0 Å². The number of nitrogens with zero attached hydrogens (tertiary/aromatic N) is 1. The van der Waals surface area contributed by atoms with E-state index in [-0.39, 0.29) is 21.5 Å². The Hall–Kier alpha value is -0.900. The van der Waals surface area contributed by atoms with E-state index in [1.54, 1.807) is 3.57 Å². The molecule has 1 aromatic carbocycles. The van der Waals surface area contributed by atoms with Gasteiger partial charge in [0.15, 0.2) is 0 Å². The molecular weight excluding hydrogens is 285 g/mol. The molecule has 14 heavy (non-hydrogen) atoms. The number of fused-ring (bicyclic) bond motifs is 3. The van der Waals surface area contributed by atoms with Crippen molar-refractivity contribution in [3.05, 3.63) is 51.7 Å². The summed E-state index contributed by atoms with van der Waals surface area (Å²) >= 11 is 0.00266. The van der Waals surface area contributed by atoms with Crippen molar-refractivity contribution in [3.63, 3.8) is 0 Å². The van der Waals surface area contributed by atoms with Gasteiger partial charge in [0.25, 0.3) is 0 Å². The number of hydrogen-bond acceptors (Lipinski definition) is 0. The molecule has 0 saturated carbocycles. The van der Waals surface area contributed by atoms with E-state index in [1.807, 2.05) is 0 Å². The average molecular weight is 295 g/mol. The van der Waals surface area contributed by atoms with Crippen LogP contribution in [-0.2, 0) is 0 Å². The number of hydrogen-bond donors (Lipinski definition) is 0. The van der Waals surface area contributed by atoms with Gasteiger partial charge >= 0.3 is 94.2 Å². The van der Waals surface area contributed by atoms with Crippen molar-refractivity contribution >= 4 is 0 Å². The molecule has 0 amide bonds. The summed E-state index contributed by atoms with van der Waals surface area (Å²) in [5.41, 5.74) is 4.26. The quantitative estimate of drug-likeness (QED) is 0.468. The monoisotopic (exact) mass is 295 g/mol. The Morgan fingerprint density at radius 2 is 1.93 bits per heavy atom. The molecule has 0 radical (unpaired) electrons. The van der Waals surface area contributed by atoms with Crippen LogP contribution in [0.4, 0.5) is 0 Å². The second-order valence-electron chi connectivity index (χ2n) is 3.42. The van der Waals surface area contributed by atoms with Crippen molar-refractivity contribution in [2.45, 2.75) is 6.92 Å². The van der Waals surface area contributed by atoms with E-state index in [0.29, 0.717) is 0 Å². The molecule has 0 spiro atoms. The maximum absolute atomic E-state index is 2.43. The van der Waals surface area contributed by atoms with Crippen LogP contribution < -0.4 is 24.3 Å². The molecule has 70 valence electrons. The van der Waals surface area contributed by atoms with E-state index in [2.05, 4.69) is 52.3 Å². The molecule has 0 bridgehead atoms. The van der Waals surface area contributed by atoms with E-state index in [0.717, 1.165) is 0 Å². The van der Waals surface area contributed by atoms with Crippen molar-refractivity contribution in [1.29, 1.82) is 0 Å². The van der Waals surface area contributed by atoms with E-state index < -0.39 is 0 Å². The van der Waals surface area contributed by atoms with Crippen LogP contribution in [0.15, 0.2) is 42.6 Å². The summed E-state index contributed by atoms with van der Waals surface area (Å²) in [5, 5.41) is 0. The zero-order valence-electron chi connectivity index (χ0n) is 7.87. The predicted molar refractivity (Wildman–Crippen MR) is 50.9 cm³/mol. The molecule has 0 N–H and O–H groups in total. The fourth-order valence-electron chi connectivity index (χ4n) is 1.81. The van der Waals surface area contributed by atoms with Gasteiger partial charge in [0.1, 0.15) is 0 Å². The third-order valence-corrected chi connectivity index (χ3v) is 5.25. The fourth-order valence-corrected chi connectivity index (χ4v) is 4.66. The third kappa shape index (κ3) is 1.10. The molecular formula is C12H10IN. The van der Waals surface area contributed by atoms with Crippen molar-refractivity contribution in [3.8, 4) is 11.3 Å². The first-order chi connectivity index (χ1) is 6.86. The Morgan fingerprint density at radius 3 is 2.86 bits per heavy atom. The van der Waals surface area contributed by atoms with Crippen LogP contribution in [-0.4, -0.2) is 0 Å². The standard InChI is InChI=1S/C12H10IN/c1-9-5-4-8-14-12(9)10-6-2-3-7-11(10)13-14/h2-8H,1H3. The SMILES string of the molecule is Cc1ccc[n+]2c1-c1ccccc1[I-]2. The number of pyridine rings is 1. The Balaban J connectivity index is 2.35. The average Bonchev–Trinajstić information content (AvgIpc) is 2.57. The summed E-state index contributed by atoms with van der Waals surface area (Å²) in [5.74, 6) is 0. The van der Waals surface area contributed by atoms with E-state index in [1.165, 1.54) is 16.8 Å². The van der Waals surface area contributed by atoms with Crippen LogP contribution in [0.3, 0.4) is 0 Å². The van der Waals surface area contributed by atoms with Crippen LogP contribution in [0, 0.1) is 10.5 Å². The van der Waals surface area contributed by atoms with Gasteiger partial charge in [-0.25, -0.2) is 0 Å². The zero-order valence-corrected chi connectivity index (χ0v) is 10.0. The minimum absolute atomic E-state index is 0.00266. The third-order valence-electron chi connectivity index (χ3n) is 2.46. The maximum atomic E-state index is 2.43. The molecule has 0 fully saturated rings. The molecule has 2 heterocycles. The van der Waals surface area contributed by atoms with Gasteiger partial charge in [-0.2, -0.15) is 0 Å². The molecule has 0 atom stereocenters. The van der Waals surface area contributed by atoms with Gasteiger partial charge < -0.3 is 0 Å². The summed E-state index contributed by atoms with van der Waals surface area (Å²) in [7, 11) is 0. The first-order valence-electron chi connectivity index (χ1n) is 4.62. The molecule has 1 aliphatic heterocycles. The fraction of sp³-hybridized carbons (Fsp3) is 0.0833. The Labute approximate surface area is 94.0 Å². The summed E-state index contributed by atoms with van der Waals surface area (Å²) < 4.78 is 3.97. The van der Waals surface area contributed by atoms with Gasteiger partial charge in [-0.3, -0.25) is 0 Å². The second-order valence-corrected chi connectivity index (χ2v) is 6.10. The molecule has 0 unspecified atom stereocenters. The van der Waals surface area contributed by atoms with Gasteiger partial charge in [-0.1, -0.05) is 0 Å². The van der Waals surface area contributed by atoms with E-state index in [9.17, 15) is 0 Å². The summed E-state index contributed by atoms with van der Waals surface area (Å²) in [4.78, 5) is 0. The Bertz CT molecular complexity index is 505. The minimum atomic E-state index is 0.00266. The van der Waals surface area contributed by atoms with Crippen molar-refractivity contribution < 1.29 is 24.3 Å². The first-order valence-corrected chi connectivity index (χ1v) is 6.67. The molecule has 1 aromatic heterocycles. The number of halogens is 1. The summed E-state index contributed by atoms with van der Waals surface area (Å²) in [6, 6.07) is 13.1. The molecule has 0 aliphatic carbocycles. The molecule has 2 heteroatoms. The van der Waals surface area contributed by atoms with Gasteiger partial charge in [0.05, 0.1) is 0 Å². The Kier molecular flexibility index (Phi) is 1.83. The van der Waals surface area contributed by atoms with Crippen LogP contribution in [0.1, 0.15) is 5.56 Å². The Morgan fingerprint density at radius 1 is 1.07 bits per heavy atom. The summed E-state index contributed by atoms with van der Waals surface area (Å²) in [6.07, 6.45) is 2.20. The summed E-state index contributed by atoms with van der Waals surface area (Å²) in [6.45, 7) is 2.19. The van der Waals surface area contributed by atoms with Crippen molar-refractivity contribution in [2.75, 3.05) is 0 Å².